The predicted octanol–water partition coefficient (Wildman–Crippen LogP) is 5.74. The fourth-order valence-electron chi connectivity index (χ4n) is 8.41. The molecule has 1 aliphatic carbocycles. The largest absolute Gasteiger partial charge is 0.369 e. The number of aliphatic imine (C=N–C) groups is 1. The van der Waals surface area contributed by atoms with Crippen LogP contribution in [0.15, 0.2) is 65.7 Å². The molecule has 4 amide bonds. The minimum Gasteiger partial charge on any atom is -0.369 e. The zero-order valence-electron chi connectivity index (χ0n) is 35.3. The van der Waals surface area contributed by atoms with Crippen LogP contribution in [0.5, 0.6) is 0 Å². The molecule has 1 atom stereocenters. The van der Waals surface area contributed by atoms with E-state index in [4.69, 9.17) is 16.9 Å². The first-order valence-electron chi connectivity index (χ1n) is 21.1. The number of hydrogen-bond donors (Lipinski definition) is 2. The lowest BCUT2D eigenvalue weighted by molar-refractivity contribution is -0.144. The molecule has 1 saturated carbocycles. The Hall–Kier alpha value is -4.99. The van der Waals surface area contributed by atoms with Crippen LogP contribution in [0.1, 0.15) is 80.0 Å². The third-order valence-corrected chi connectivity index (χ3v) is 12.5. The van der Waals surface area contributed by atoms with Crippen molar-refractivity contribution in [3.05, 3.63) is 88.0 Å². The number of rotatable bonds is 10. The molecule has 6 rings (SSSR count). The molecule has 12 nitrogen and oxygen atoms in total. The second kappa shape index (κ2) is 21.9. The summed E-state index contributed by atoms with van der Waals surface area (Å²) in [6.45, 7) is 14.9. The van der Waals surface area contributed by atoms with E-state index in [1.54, 1.807) is 25.3 Å². The number of hydrogen-bond acceptors (Lipinski definition) is 8. The first-order chi connectivity index (χ1) is 28.4. The fourth-order valence-corrected chi connectivity index (χ4v) is 8.68. The number of nitrogens with zero attached hydrogens (tertiary/aromatic N) is 6. The minimum absolute atomic E-state index is 0.0785. The number of nitrogens with one attached hydrogen (secondary N) is 2. The molecule has 3 saturated heterocycles. The van der Waals surface area contributed by atoms with Crippen molar-refractivity contribution in [1.29, 1.82) is 5.26 Å². The number of piperazine rings is 1. The third kappa shape index (κ3) is 12.8. The van der Waals surface area contributed by atoms with Crippen LogP contribution in [0, 0.1) is 31.1 Å². The van der Waals surface area contributed by atoms with Crippen molar-refractivity contribution in [3.63, 3.8) is 0 Å². The molecular weight excluding hydrogens is 764 g/mol. The molecule has 4 aliphatic rings. The number of nitriles is 1. The molecule has 4 fully saturated rings. The predicted molar refractivity (Wildman–Crippen MR) is 234 cm³/mol. The summed E-state index contributed by atoms with van der Waals surface area (Å²) in [6, 6.07) is 13.2. The number of halogens is 1. The van der Waals surface area contributed by atoms with Crippen molar-refractivity contribution in [2.75, 3.05) is 64.8 Å². The molecular formula is C46H61ClN8O4. The van der Waals surface area contributed by atoms with E-state index in [-0.39, 0.29) is 36.6 Å². The highest BCUT2D eigenvalue weighted by molar-refractivity contribution is 6.31. The van der Waals surface area contributed by atoms with Crippen molar-refractivity contribution in [2.45, 2.75) is 90.1 Å². The lowest BCUT2D eigenvalue weighted by Gasteiger charge is -2.40. The van der Waals surface area contributed by atoms with Crippen LogP contribution in [0.4, 0.5) is 5.69 Å². The molecule has 13 heteroatoms. The van der Waals surface area contributed by atoms with Gasteiger partial charge < -0.3 is 20.0 Å². The molecule has 0 spiro atoms. The molecule has 1 unspecified atom stereocenters. The SMILES string of the molecule is C=C(/C=C\C(=NC)N1CCC(CN2CCN(c3cccc(CC(=O)N(C)C4CCC(=O)NC4=O)c3C)CC2)CC1)C(=O)NC1CCCCC1.Cc1ccc(C#N)c(Cl)c1. The van der Waals surface area contributed by atoms with Gasteiger partial charge in [-0.2, -0.15) is 5.26 Å². The van der Waals surface area contributed by atoms with E-state index in [0.29, 0.717) is 28.5 Å². The average molecular weight is 825 g/mol. The molecule has 2 aromatic rings. The molecule has 2 aromatic carbocycles. The normalized spacial score (nSPS) is 19.7. The molecule has 59 heavy (non-hydrogen) atoms. The van der Waals surface area contributed by atoms with E-state index in [9.17, 15) is 19.2 Å². The van der Waals surface area contributed by atoms with Crippen molar-refractivity contribution < 1.29 is 19.2 Å². The van der Waals surface area contributed by atoms with Crippen molar-refractivity contribution in [1.82, 2.24) is 25.3 Å². The molecule has 0 radical (unpaired) electrons. The first kappa shape index (κ1) is 45.1. The van der Waals surface area contributed by atoms with Crippen molar-refractivity contribution >= 4 is 46.8 Å². The number of amidine groups is 1. The van der Waals surface area contributed by atoms with Gasteiger partial charge in [-0.1, -0.05) is 55.6 Å². The van der Waals surface area contributed by atoms with E-state index < -0.39 is 11.9 Å². The number of amides is 4. The lowest BCUT2D eigenvalue weighted by Crippen LogP contribution is -2.53. The average Bonchev–Trinajstić information content (AvgIpc) is 3.23. The van der Waals surface area contributed by atoms with Gasteiger partial charge in [0.05, 0.1) is 17.0 Å². The maximum absolute atomic E-state index is 13.1. The van der Waals surface area contributed by atoms with Gasteiger partial charge in [-0.05, 0) is 98.9 Å². The van der Waals surface area contributed by atoms with Gasteiger partial charge in [0.15, 0.2) is 0 Å². The number of likely N-dealkylation sites (tertiary alicyclic amines) is 1. The monoisotopic (exact) mass is 824 g/mol. The van der Waals surface area contributed by atoms with Gasteiger partial charge in [0.2, 0.25) is 17.7 Å². The Morgan fingerprint density at radius 2 is 1.71 bits per heavy atom. The van der Waals surface area contributed by atoms with Crippen LogP contribution in [0.25, 0.3) is 0 Å². The lowest BCUT2D eigenvalue weighted by atomic mass is 9.95. The molecule has 316 valence electrons. The highest BCUT2D eigenvalue weighted by atomic mass is 35.5. The number of carbonyl (C=O) groups excluding carboxylic acids is 4. The van der Waals surface area contributed by atoms with Gasteiger partial charge in [-0.3, -0.25) is 34.4 Å². The third-order valence-electron chi connectivity index (χ3n) is 12.1. The van der Waals surface area contributed by atoms with Crippen LogP contribution in [-0.4, -0.2) is 116 Å². The van der Waals surface area contributed by atoms with Gasteiger partial charge in [-0.15, -0.1) is 0 Å². The van der Waals surface area contributed by atoms with Crippen LogP contribution < -0.4 is 15.5 Å². The van der Waals surface area contributed by atoms with Crippen molar-refractivity contribution in [3.8, 4) is 6.07 Å². The van der Waals surface area contributed by atoms with E-state index in [2.05, 4.69) is 49.9 Å². The molecule has 3 heterocycles. The minimum atomic E-state index is -0.608. The quantitative estimate of drug-likeness (QED) is 0.102. The smallest absolute Gasteiger partial charge is 0.250 e. The van der Waals surface area contributed by atoms with Crippen molar-refractivity contribution in [2.24, 2.45) is 10.9 Å². The Morgan fingerprint density at radius 3 is 2.36 bits per heavy atom. The van der Waals surface area contributed by atoms with Gasteiger partial charge in [0.1, 0.15) is 17.9 Å². The topological polar surface area (TPSA) is 141 Å². The Labute approximate surface area is 355 Å². The summed E-state index contributed by atoms with van der Waals surface area (Å²) in [5.41, 5.74) is 5.32. The van der Waals surface area contributed by atoms with Crippen LogP contribution in [-0.2, 0) is 25.6 Å². The van der Waals surface area contributed by atoms with Gasteiger partial charge in [0.25, 0.3) is 5.91 Å². The number of aryl methyl sites for hydroxylation is 1. The number of anilines is 1. The standard InChI is InChI=1S/C38H55N7O4.C8H6ClN/c1-27(37(48)40-31-10-6-5-7-11-31)13-15-34(39-3)45-19-17-29(18-20-45)26-43-21-23-44(24-22-43)32-12-8-9-30(28(32)2)25-36(47)42(4)33-14-16-35(46)41-38(33)49;1-6-2-3-7(5-10)8(9)4-6/h8-9,12-13,15,29,31,33H,1,5-7,10-11,14,16-26H2,2-4H3,(H,40,48)(H,41,46,49);2-4H,1H3/b15-13-,39-34?;. The molecule has 2 N–H and O–H groups in total. The van der Waals surface area contributed by atoms with E-state index in [0.717, 1.165) is 99.7 Å². The van der Waals surface area contributed by atoms with Gasteiger partial charge >= 0.3 is 0 Å². The van der Waals surface area contributed by atoms with E-state index >= 15 is 0 Å². The van der Waals surface area contributed by atoms with Gasteiger partial charge in [0, 0.05) is 83.6 Å². The van der Waals surface area contributed by atoms with Gasteiger partial charge in [-0.25, -0.2) is 0 Å². The Balaban J connectivity index is 0.000000578. The summed E-state index contributed by atoms with van der Waals surface area (Å²) in [5.74, 6) is 0.661. The fraction of sp³-hybridized carbons (Fsp3) is 0.522. The summed E-state index contributed by atoms with van der Waals surface area (Å²) in [6.07, 6.45) is 12.5. The Morgan fingerprint density at radius 1 is 1.00 bits per heavy atom. The highest BCUT2D eigenvalue weighted by Gasteiger charge is 2.32. The second-order valence-corrected chi connectivity index (χ2v) is 16.7. The number of carbonyl (C=O) groups is 4. The molecule has 0 bridgehead atoms. The summed E-state index contributed by atoms with van der Waals surface area (Å²) in [7, 11) is 3.46. The van der Waals surface area contributed by atoms with Crippen LogP contribution in [0.2, 0.25) is 5.02 Å². The Kier molecular flexibility index (Phi) is 16.7. The maximum atomic E-state index is 13.1. The highest BCUT2D eigenvalue weighted by Crippen LogP contribution is 2.27. The Bertz CT molecular complexity index is 1930. The van der Waals surface area contributed by atoms with E-state index in [1.807, 2.05) is 44.3 Å². The summed E-state index contributed by atoms with van der Waals surface area (Å²) < 4.78 is 0. The molecule has 3 aliphatic heterocycles. The number of benzene rings is 2. The van der Waals surface area contributed by atoms with Crippen LogP contribution >= 0.6 is 11.6 Å². The molecule has 0 aromatic heterocycles. The number of imide groups is 1. The zero-order chi connectivity index (χ0) is 42.5. The summed E-state index contributed by atoms with van der Waals surface area (Å²) >= 11 is 5.71. The summed E-state index contributed by atoms with van der Waals surface area (Å²) in [5, 5.41) is 14.5. The maximum Gasteiger partial charge on any atom is 0.250 e. The number of likely N-dealkylation sites (N-methyl/N-ethyl adjacent to an activating group) is 1. The number of piperidine rings is 2. The summed E-state index contributed by atoms with van der Waals surface area (Å²) in [4.78, 5) is 62.9. The zero-order valence-corrected chi connectivity index (χ0v) is 36.0. The van der Waals surface area contributed by atoms with E-state index in [1.165, 1.54) is 24.2 Å². The van der Waals surface area contributed by atoms with Crippen LogP contribution in [0.3, 0.4) is 0 Å². The second-order valence-electron chi connectivity index (χ2n) is 16.3. The first-order valence-corrected chi connectivity index (χ1v) is 21.5.